The number of aryl methyl sites for hydroxylation is 1. The molecule has 2 aromatic rings. The largest absolute Gasteiger partial charge is 0.352 e. The highest BCUT2D eigenvalue weighted by Gasteiger charge is 2.21. The zero-order valence-corrected chi connectivity index (χ0v) is 17.9. The van der Waals surface area contributed by atoms with Crippen LogP contribution < -0.4 is 4.83 Å². The minimum atomic E-state index is -3.70. The van der Waals surface area contributed by atoms with E-state index < -0.39 is 10.0 Å². The van der Waals surface area contributed by atoms with E-state index in [4.69, 9.17) is 0 Å². The molecule has 0 saturated carbocycles. The molecule has 0 aromatic heterocycles. The number of hydrogen-bond donors (Lipinski definition) is 1. The first-order valence-electron chi connectivity index (χ1n) is 9.61. The molecule has 1 saturated heterocycles. The van der Waals surface area contributed by atoms with Gasteiger partial charge in [-0.2, -0.15) is 13.2 Å². The van der Waals surface area contributed by atoms with E-state index in [1.165, 1.54) is 0 Å². The van der Waals surface area contributed by atoms with E-state index in [1.807, 2.05) is 45.0 Å². The molecule has 28 heavy (non-hydrogen) atoms. The van der Waals surface area contributed by atoms with E-state index in [1.54, 1.807) is 30.3 Å². The number of benzene rings is 2. The van der Waals surface area contributed by atoms with Gasteiger partial charge in [-0.15, -0.1) is 5.10 Å². The second-order valence-electron chi connectivity index (χ2n) is 6.45. The van der Waals surface area contributed by atoms with Gasteiger partial charge in [0.25, 0.3) is 10.0 Å². The minimum absolute atomic E-state index is 0.200. The van der Waals surface area contributed by atoms with Crippen molar-refractivity contribution in [3.05, 3.63) is 65.7 Å². The van der Waals surface area contributed by atoms with Crippen molar-refractivity contribution >= 4 is 15.9 Å². The van der Waals surface area contributed by atoms with Crippen LogP contribution in [0.3, 0.4) is 0 Å². The van der Waals surface area contributed by atoms with Crippen LogP contribution in [-0.2, 0) is 10.0 Å². The van der Waals surface area contributed by atoms with Crippen molar-refractivity contribution in [1.29, 1.82) is 0 Å². The molecule has 2 aromatic carbocycles. The molecule has 0 unspecified atom stereocenters. The number of nitrogens with one attached hydrogen (secondary N) is 1. The SMILES string of the molecule is CC.Cc1ccccc1/C(=N\NS(=O)(=O)c1ccccc1)N1CCN(C)CC1. The van der Waals surface area contributed by atoms with E-state index in [2.05, 4.69) is 26.8 Å². The average Bonchev–Trinajstić information content (AvgIpc) is 2.73. The summed E-state index contributed by atoms with van der Waals surface area (Å²) in [6.07, 6.45) is 0. The number of likely N-dealkylation sites (N-methyl/N-ethyl adjacent to an activating group) is 1. The summed E-state index contributed by atoms with van der Waals surface area (Å²) >= 11 is 0. The third kappa shape index (κ3) is 5.56. The molecule has 152 valence electrons. The molecule has 3 rings (SSSR count). The highest BCUT2D eigenvalue weighted by atomic mass is 32.2. The van der Waals surface area contributed by atoms with Crippen LogP contribution in [0.5, 0.6) is 0 Å². The molecule has 0 radical (unpaired) electrons. The molecule has 1 aliphatic heterocycles. The minimum Gasteiger partial charge on any atom is -0.352 e. The molecule has 1 N–H and O–H groups in total. The Labute approximate surface area is 168 Å². The normalized spacial score (nSPS) is 15.6. The van der Waals surface area contributed by atoms with Gasteiger partial charge in [-0.1, -0.05) is 56.3 Å². The van der Waals surface area contributed by atoms with Crippen LogP contribution in [0.2, 0.25) is 0 Å². The van der Waals surface area contributed by atoms with Crippen molar-refractivity contribution in [1.82, 2.24) is 14.6 Å². The van der Waals surface area contributed by atoms with Gasteiger partial charge in [0, 0.05) is 31.7 Å². The highest BCUT2D eigenvalue weighted by molar-refractivity contribution is 7.89. The zero-order chi connectivity index (χ0) is 20.6. The first kappa shape index (κ1) is 21.9. The average molecular weight is 403 g/mol. The Bertz CT molecular complexity index is 874. The third-order valence-corrected chi connectivity index (χ3v) is 5.74. The van der Waals surface area contributed by atoms with Crippen molar-refractivity contribution in [2.24, 2.45) is 5.10 Å². The molecule has 0 spiro atoms. The Morgan fingerprint density at radius 3 is 2.11 bits per heavy atom. The summed E-state index contributed by atoms with van der Waals surface area (Å²) in [7, 11) is -1.62. The molecule has 1 heterocycles. The van der Waals surface area contributed by atoms with Crippen molar-refractivity contribution in [2.75, 3.05) is 33.2 Å². The van der Waals surface area contributed by atoms with E-state index in [9.17, 15) is 8.42 Å². The van der Waals surface area contributed by atoms with Gasteiger partial charge in [0.05, 0.1) is 4.90 Å². The van der Waals surface area contributed by atoms with Gasteiger partial charge in [-0.05, 0) is 31.7 Å². The standard InChI is InChI=1S/C19H24N4O2S.C2H6/c1-16-8-6-7-11-18(16)19(23-14-12-22(2)13-15-23)20-21-26(24,25)17-9-4-3-5-10-17;1-2/h3-11,21H,12-15H2,1-2H3;1-2H3/b20-19+;. The molecular formula is C21H30N4O2S. The number of hydrazone groups is 1. The molecule has 0 amide bonds. The van der Waals surface area contributed by atoms with Crippen LogP contribution in [0, 0.1) is 6.92 Å². The fourth-order valence-corrected chi connectivity index (χ4v) is 3.73. The zero-order valence-electron chi connectivity index (χ0n) is 17.1. The van der Waals surface area contributed by atoms with Crippen LogP contribution in [0.1, 0.15) is 25.0 Å². The van der Waals surface area contributed by atoms with Crippen LogP contribution in [0.25, 0.3) is 0 Å². The Kier molecular flexibility index (Phi) is 8.02. The lowest BCUT2D eigenvalue weighted by Gasteiger charge is -2.34. The number of piperazine rings is 1. The summed E-state index contributed by atoms with van der Waals surface area (Å²) < 4.78 is 25.1. The van der Waals surface area contributed by atoms with Gasteiger partial charge in [-0.25, -0.2) is 0 Å². The molecule has 1 aliphatic rings. The third-order valence-electron chi connectivity index (χ3n) is 4.51. The summed E-state index contributed by atoms with van der Waals surface area (Å²) in [4.78, 5) is 7.00. The maximum atomic E-state index is 12.5. The molecule has 0 aliphatic carbocycles. The van der Waals surface area contributed by atoms with Gasteiger partial charge < -0.3 is 9.80 Å². The van der Waals surface area contributed by atoms with Crippen molar-refractivity contribution < 1.29 is 8.42 Å². The Hall–Kier alpha value is -2.38. The Morgan fingerprint density at radius 2 is 1.50 bits per heavy atom. The van der Waals surface area contributed by atoms with Crippen molar-refractivity contribution in [3.8, 4) is 0 Å². The number of nitrogens with zero attached hydrogens (tertiary/aromatic N) is 3. The van der Waals surface area contributed by atoms with Gasteiger partial charge in [0.15, 0.2) is 5.84 Å². The number of rotatable bonds is 4. The van der Waals surface area contributed by atoms with Crippen LogP contribution in [0.4, 0.5) is 0 Å². The maximum absolute atomic E-state index is 12.5. The molecule has 0 bridgehead atoms. The van der Waals surface area contributed by atoms with Crippen molar-refractivity contribution in [2.45, 2.75) is 25.7 Å². The monoisotopic (exact) mass is 402 g/mol. The molecule has 7 heteroatoms. The Balaban J connectivity index is 0.00000136. The molecule has 6 nitrogen and oxygen atoms in total. The summed E-state index contributed by atoms with van der Waals surface area (Å²) in [5, 5.41) is 4.34. The first-order chi connectivity index (χ1) is 13.5. The lowest BCUT2D eigenvalue weighted by Crippen LogP contribution is -2.48. The van der Waals surface area contributed by atoms with E-state index in [-0.39, 0.29) is 4.90 Å². The van der Waals surface area contributed by atoms with Gasteiger partial charge in [0.2, 0.25) is 0 Å². The van der Waals surface area contributed by atoms with Crippen LogP contribution >= 0.6 is 0 Å². The topological polar surface area (TPSA) is 65.0 Å². The summed E-state index contributed by atoms with van der Waals surface area (Å²) in [6, 6.07) is 16.2. The van der Waals surface area contributed by atoms with Crippen LogP contribution in [0.15, 0.2) is 64.6 Å². The van der Waals surface area contributed by atoms with Gasteiger partial charge >= 0.3 is 0 Å². The lowest BCUT2D eigenvalue weighted by atomic mass is 10.1. The summed E-state index contributed by atoms with van der Waals surface area (Å²) in [5.41, 5.74) is 2.00. The highest BCUT2D eigenvalue weighted by Crippen LogP contribution is 2.14. The second-order valence-corrected chi connectivity index (χ2v) is 8.11. The smallest absolute Gasteiger partial charge is 0.276 e. The van der Waals surface area contributed by atoms with E-state index in [0.717, 1.165) is 37.3 Å². The molecule has 1 fully saturated rings. The Morgan fingerprint density at radius 1 is 0.929 bits per heavy atom. The second kappa shape index (κ2) is 10.2. The number of sulfonamides is 1. The van der Waals surface area contributed by atoms with Gasteiger partial charge in [0.1, 0.15) is 0 Å². The summed E-state index contributed by atoms with van der Waals surface area (Å²) in [6.45, 7) is 9.44. The molecule has 0 atom stereocenters. The number of amidine groups is 1. The lowest BCUT2D eigenvalue weighted by molar-refractivity contribution is 0.215. The van der Waals surface area contributed by atoms with Gasteiger partial charge in [-0.3, -0.25) is 0 Å². The fraction of sp³-hybridized carbons (Fsp3) is 0.381. The van der Waals surface area contributed by atoms with Crippen molar-refractivity contribution in [3.63, 3.8) is 0 Å². The van der Waals surface area contributed by atoms with E-state index in [0.29, 0.717) is 5.84 Å². The maximum Gasteiger partial charge on any atom is 0.276 e. The summed E-state index contributed by atoms with van der Waals surface area (Å²) in [5.74, 6) is 0.663. The predicted molar refractivity (Wildman–Crippen MR) is 115 cm³/mol. The number of hydrogen-bond acceptors (Lipinski definition) is 4. The van der Waals surface area contributed by atoms with Crippen LogP contribution in [-0.4, -0.2) is 57.3 Å². The quantitative estimate of drug-likeness (QED) is 0.485. The molecular weight excluding hydrogens is 372 g/mol. The fourth-order valence-electron chi connectivity index (χ4n) is 2.90. The predicted octanol–water partition coefficient (Wildman–Crippen LogP) is 2.91. The first-order valence-corrected chi connectivity index (χ1v) is 11.1. The van der Waals surface area contributed by atoms with E-state index >= 15 is 0 Å².